The molecule has 1 aromatic heterocycles. The summed E-state index contributed by atoms with van der Waals surface area (Å²) in [6.45, 7) is 4.42. The molecule has 3 heterocycles. The minimum absolute atomic E-state index is 0.142. The largest absolute Gasteiger partial charge is 0.364 e. The summed E-state index contributed by atoms with van der Waals surface area (Å²) in [4.78, 5) is 41.8. The molecule has 3 rings (SSSR count). The van der Waals surface area contributed by atoms with Gasteiger partial charge in [-0.1, -0.05) is 6.92 Å². The molecule has 0 spiro atoms. The SMILES string of the molecule is CC[C@@]1(C)NC(=O)N(NC(=O)CN2CCC[C@@H]2c2ccc[nH]2)C1=O. The highest BCUT2D eigenvalue weighted by Crippen LogP contribution is 2.30. The first-order chi connectivity index (χ1) is 11.4. The average molecular weight is 333 g/mol. The molecule has 2 aliphatic heterocycles. The zero-order valence-corrected chi connectivity index (χ0v) is 14.0. The third-order valence-corrected chi connectivity index (χ3v) is 4.90. The van der Waals surface area contributed by atoms with E-state index in [1.165, 1.54) is 0 Å². The molecule has 0 unspecified atom stereocenters. The molecule has 0 aromatic carbocycles. The predicted molar refractivity (Wildman–Crippen MR) is 86.6 cm³/mol. The van der Waals surface area contributed by atoms with Crippen LogP contribution in [0.15, 0.2) is 18.3 Å². The van der Waals surface area contributed by atoms with Gasteiger partial charge >= 0.3 is 6.03 Å². The Morgan fingerprint density at radius 2 is 2.25 bits per heavy atom. The van der Waals surface area contributed by atoms with E-state index in [1.54, 1.807) is 6.92 Å². The van der Waals surface area contributed by atoms with Gasteiger partial charge in [-0.05, 0) is 44.9 Å². The highest BCUT2D eigenvalue weighted by Gasteiger charge is 2.47. The van der Waals surface area contributed by atoms with Gasteiger partial charge in [0.2, 0.25) is 0 Å². The van der Waals surface area contributed by atoms with Crippen LogP contribution in [0, 0.1) is 0 Å². The molecule has 2 aliphatic rings. The van der Waals surface area contributed by atoms with Gasteiger partial charge in [-0.15, -0.1) is 0 Å². The molecule has 4 amide bonds. The highest BCUT2D eigenvalue weighted by atomic mass is 16.2. The van der Waals surface area contributed by atoms with E-state index in [9.17, 15) is 14.4 Å². The van der Waals surface area contributed by atoms with E-state index in [-0.39, 0.29) is 18.5 Å². The van der Waals surface area contributed by atoms with Crippen molar-refractivity contribution in [1.29, 1.82) is 0 Å². The number of carbonyl (C=O) groups excluding carboxylic acids is 3. The first kappa shape index (κ1) is 16.5. The Morgan fingerprint density at radius 1 is 1.46 bits per heavy atom. The van der Waals surface area contributed by atoms with Crippen molar-refractivity contribution in [2.75, 3.05) is 13.1 Å². The lowest BCUT2D eigenvalue weighted by Crippen LogP contribution is -2.51. The third-order valence-electron chi connectivity index (χ3n) is 4.90. The van der Waals surface area contributed by atoms with Crippen LogP contribution in [-0.4, -0.2) is 51.4 Å². The van der Waals surface area contributed by atoms with Crippen molar-refractivity contribution in [3.63, 3.8) is 0 Å². The molecule has 2 fully saturated rings. The number of rotatable bonds is 5. The van der Waals surface area contributed by atoms with Crippen LogP contribution >= 0.6 is 0 Å². The second-order valence-electron chi connectivity index (χ2n) is 6.55. The van der Waals surface area contributed by atoms with Gasteiger partial charge in [-0.2, -0.15) is 5.01 Å². The van der Waals surface area contributed by atoms with Gasteiger partial charge in [0.1, 0.15) is 5.54 Å². The summed E-state index contributed by atoms with van der Waals surface area (Å²) in [6.07, 6.45) is 4.31. The molecule has 3 N–H and O–H groups in total. The van der Waals surface area contributed by atoms with E-state index in [0.29, 0.717) is 6.42 Å². The minimum atomic E-state index is -0.954. The van der Waals surface area contributed by atoms with Gasteiger partial charge in [0.05, 0.1) is 12.6 Å². The Kier molecular flexibility index (Phi) is 4.31. The van der Waals surface area contributed by atoms with Gasteiger partial charge in [-0.25, -0.2) is 4.79 Å². The first-order valence-corrected chi connectivity index (χ1v) is 8.28. The molecular weight excluding hydrogens is 310 g/mol. The van der Waals surface area contributed by atoms with Gasteiger partial charge in [0, 0.05) is 11.9 Å². The lowest BCUT2D eigenvalue weighted by molar-refractivity contribution is -0.139. The summed E-state index contributed by atoms with van der Waals surface area (Å²) < 4.78 is 0. The summed E-state index contributed by atoms with van der Waals surface area (Å²) in [5, 5.41) is 3.41. The molecule has 1 aromatic rings. The number of urea groups is 1. The summed E-state index contributed by atoms with van der Waals surface area (Å²) in [7, 11) is 0. The number of aromatic nitrogens is 1. The predicted octanol–water partition coefficient (Wildman–Crippen LogP) is 0.903. The minimum Gasteiger partial charge on any atom is -0.364 e. The fourth-order valence-electron chi connectivity index (χ4n) is 3.29. The molecule has 0 bridgehead atoms. The first-order valence-electron chi connectivity index (χ1n) is 8.28. The zero-order valence-electron chi connectivity index (χ0n) is 14.0. The molecule has 8 heteroatoms. The lowest BCUT2D eigenvalue weighted by Gasteiger charge is -2.24. The molecule has 8 nitrogen and oxygen atoms in total. The monoisotopic (exact) mass is 333 g/mol. The van der Waals surface area contributed by atoms with Gasteiger partial charge in [0.25, 0.3) is 11.8 Å². The Balaban J connectivity index is 1.62. The third kappa shape index (κ3) is 2.89. The topological polar surface area (TPSA) is 97.5 Å². The number of imide groups is 1. The summed E-state index contributed by atoms with van der Waals surface area (Å²) >= 11 is 0. The van der Waals surface area contributed by atoms with Gasteiger partial charge < -0.3 is 10.3 Å². The van der Waals surface area contributed by atoms with Crippen LogP contribution < -0.4 is 10.7 Å². The standard InChI is InChI=1S/C16H23N5O3/c1-3-16(2)14(23)21(15(24)18-16)19-13(22)10-20-9-5-7-12(20)11-6-4-8-17-11/h4,6,8,12,17H,3,5,7,9-10H2,1-2H3,(H,18,24)(H,19,22)/t12-,16-/m1/s1. The molecule has 24 heavy (non-hydrogen) atoms. The van der Waals surface area contributed by atoms with Crippen LogP contribution in [0.25, 0.3) is 0 Å². The van der Waals surface area contributed by atoms with Crippen LogP contribution in [0.1, 0.15) is 44.8 Å². The maximum Gasteiger partial charge on any atom is 0.344 e. The molecule has 130 valence electrons. The molecule has 0 saturated carbocycles. The highest BCUT2D eigenvalue weighted by molar-refractivity contribution is 6.07. The zero-order chi connectivity index (χ0) is 17.3. The molecular formula is C16H23N5O3. The lowest BCUT2D eigenvalue weighted by atomic mass is 10.00. The second-order valence-corrected chi connectivity index (χ2v) is 6.55. The number of nitrogens with zero attached hydrogens (tertiary/aromatic N) is 2. The summed E-state index contributed by atoms with van der Waals surface area (Å²) in [5.41, 5.74) is 2.57. The molecule has 0 aliphatic carbocycles. The number of hydrogen-bond donors (Lipinski definition) is 3. The van der Waals surface area contributed by atoms with E-state index in [0.717, 1.165) is 30.1 Å². The van der Waals surface area contributed by atoms with E-state index in [1.807, 2.05) is 25.3 Å². The van der Waals surface area contributed by atoms with E-state index in [4.69, 9.17) is 0 Å². The maximum absolute atomic E-state index is 12.3. The van der Waals surface area contributed by atoms with Crippen LogP contribution in [0.5, 0.6) is 0 Å². The van der Waals surface area contributed by atoms with Crippen LogP contribution in [-0.2, 0) is 9.59 Å². The second kappa shape index (κ2) is 6.27. The smallest absolute Gasteiger partial charge is 0.344 e. The number of amides is 4. The average Bonchev–Trinajstić information content (AvgIpc) is 3.25. The number of hydrazine groups is 1. The number of H-pyrrole nitrogens is 1. The van der Waals surface area contributed by atoms with Crippen LogP contribution in [0.4, 0.5) is 4.79 Å². The fourth-order valence-corrected chi connectivity index (χ4v) is 3.29. The molecule has 2 saturated heterocycles. The van der Waals surface area contributed by atoms with Crippen molar-refractivity contribution < 1.29 is 14.4 Å². The van der Waals surface area contributed by atoms with E-state index < -0.39 is 17.5 Å². The summed E-state index contributed by atoms with van der Waals surface area (Å²) in [6, 6.07) is 3.52. The van der Waals surface area contributed by atoms with Gasteiger partial charge in [0.15, 0.2) is 0 Å². The van der Waals surface area contributed by atoms with Crippen molar-refractivity contribution >= 4 is 17.8 Å². The number of likely N-dealkylation sites (tertiary alicyclic amines) is 1. The van der Waals surface area contributed by atoms with Crippen molar-refractivity contribution in [3.8, 4) is 0 Å². The molecule has 0 radical (unpaired) electrons. The maximum atomic E-state index is 12.3. The van der Waals surface area contributed by atoms with Crippen molar-refractivity contribution in [2.45, 2.75) is 44.7 Å². The number of carbonyl (C=O) groups is 3. The normalized spacial score (nSPS) is 27.6. The van der Waals surface area contributed by atoms with Crippen molar-refractivity contribution in [1.82, 2.24) is 25.6 Å². The number of hydrogen-bond acceptors (Lipinski definition) is 4. The quantitative estimate of drug-likeness (QED) is 0.698. The fraction of sp³-hybridized carbons (Fsp3) is 0.562. The van der Waals surface area contributed by atoms with Crippen LogP contribution in [0.2, 0.25) is 0 Å². The Labute approximate surface area is 140 Å². The number of nitrogens with one attached hydrogen (secondary N) is 3. The van der Waals surface area contributed by atoms with Crippen molar-refractivity contribution in [2.24, 2.45) is 0 Å². The number of aromatic amines is 1. The van der Waals surface area contributed by atoms with E-state index in [2.05, 4.69) is 20.6 Å². The van der Waals surface area contributed by atoms with Crippen molar-refractivity contribution in [3.05, 3.63) is 24.0 Å². The Bertz CT molecular complexity index is 644. The van der Waals surface area contributed by atoms with Gasteiger partial charge in [-0.3, -0.25) is 19.9 Å². The van der Waals surface area contributed by atoms with Crippen LogP contribution in [0.3, 0.4) is 0 Å². The Hall–Kier alpha value is -2.35. The molecule has 2 atom stereocenters. The van der Waals surface area contributed by atoms with E-state index >= 15 is 0 Å². The Morgan fingerprint density at radius 3 is 2.88 bits per heavy atom. The summed E-state index contributed by atoms with van der Waals surface area (Å²) in [5.74, 6) is -0.789.